The minimum Gasteiger partial charge on any atom is -0.508 e. The number of aromatic hydroxyl groups is 7. The number of rotatable bonds is 15. The van der Waals surface area contributed by atoms with E-state index in [1.165, 1.54) is 86.0 Å². The van der Waals surface area contributed by atoms with Gasteiger partial charge in [-0.15, -0.1) is 0 Å². The molecule has 0 aliphatic carbocycles. The third-order valence-corrected chi connectivity index (χ3v) is 10.5. The Labute approximate surface area is 482 Å². The van der Waals surface area contributed by atoms with Crippen LogP contribution in [0.2, 0.25) is 15.1 Å². The third kappa shape index (κ3) is 26.8. The van der Waals surface area contributed by atoms with Crippen molar-refractivity contribution < 1.29 is 74.0 Å². The molecule has 3 amide bonds. The first-order chi connectivity index (χ1) is 38.1. The summed E-state index contributed by atoms with van der Waals surface area (Å²) < 4.78 is 4.55. The number of allylic oxidation sites excluding steroid dienone is 3. The molecule has 0 fully saturated rings. The van der Waals surface area contributed by atoms with Crippen molar-refractivity contribution in [1.29, 1.82) is 0 Å². The fourth-order valence-corrected chi connectivity index (χ4v) is 6.08. The quantitative estimate of drug-likeness (QED) is 0.0198. The largest absolute Gasteiger partial charge is 0.508 e. The fourth-order valence-electron chi connectivity index (χ4n) is 5.51. The lowest BCUT2D eigenvalue weighted by molar-refractivity contribution is -0.114. The van der Waals surface area contributed by atoms with Gasteiger partial charge < -0.3 is 56.4 Å². The van der Waals surface area contributed by atoms with Gasteiger partial charge in [-0.05, 0) is 128 Å². The first-order valence-corrected chi connectivity index (χ1v) is 24.2. The second kappa shape index (κ2) is 35.5. The van der Waals surface area contributed by atoms with Gasteiger partial charge in [0.05, 0.1) is 39.1 Å². The molecule has 6 aromatic carbocycles. The molecule has 0 bridgehead atoms. The molecule has 6 aromatic rings. The molecule has 0 radical (unpaired) electrons. The Kier molecular flexibility index (Phi) is 30.3. The van der Waals surface area contributed by atoms with Crippen LogP contribution in [0.1, 0.15) is 45.7 Å². The normalized spacial score (nSPS) is 9.46. The molecule has 81 heavy (non-hydrogen) atoms. The number of methoxy groups -OCH3 is 1. The molecule has 0 aliphatic heterocycles. The lowest BCUT2D eigenvalue weighted by Gasteiger charge is -2.09. The Morgan fingerprint density at radius 1 is 0.481 bits per heavy atom. The van der Waals surface area contributed by atoms with Crippen LogP contribution in [-0.4, -0.2) is 83.9 Å². The lowest BCUT2D eigenvalue weighted by Crippen LogP contribution is -2.15. The SMILES string of the molecule is C=C(C)C(=O)Nc1ccc(O)cc1C(=O)OC.C=C(C)C(=O)c1ccc(O)cc1.C=CC(=O)Cc1ccc(O)c(Cl)c1.C=CC(=O)Cc1ccc(O)cc1.C=CC(=O)Nc1cc(Cl)c(O)cc1Cl.C=CC(=O)Nc1cc(O)cc(O)c1. The number of halogens is 3. The van der Waals surface area contributed by atoms with E-state index in [1.807, 2.05) is 0 Å². The Morgan fingerprint density at radius 2 is 0.963 bits per heavy atom. The minimum atomic E-state index is -0.641. The van der Waals surface area contributed by atoms with E-state index in [-0.39, 0.29) is 90.3 Å². The summed E-state index contributed by atoms with van der Waals surface area (Å²) >= 11 is 17.0. The van der Waals surface area contributed by atoms with Gasteiger partial charge in [0, 0.05) is 53.9 Å². The van der Waals surface area contributed by atoms with Crippen molar-refractivity contribution in [2.45, 2.75) is 26.7 Å². The van der Waals surface area contributed by atoms with Crippen molar-refractivity contribution in [3.05, 3.63) is 228 Å². The topological polar surface area (TPSA) is 306 Å². The molecule has 0 aromatic heterocycles. The van der Waals surface area contributed by atoms with Crippen molar-refractivity contribution >= 4 is 92.9 Å². The second-order valence-corrected chi connectivity index (χ2v) is 17.4. The van der Waals surface area contributed by atoms with E-state index < -0.39 is 23.7 Å². The molecule has 0 saturated carbocycles. The number of nitrogens with one attached hydrogen (secondary N) is 3. The van der Waals surface area contributed by atoms with Gasteiger partial charge in [0.1, 0.15) is 40.2 Å². The maximum atomic E-state index is 11.4. The number of phenolic OH excluding ortho intramolecular Hbond substituents is 7. The summed E-state index contributed by atoms with van der Waals surface area (Å²) in [5, 5.41) is 71.5. The Balaban J connectivity index is 0.000000488. The van der Waals surface area contributed by atoms with Crippen molar-refractivity contribution in [2.24, 2.45) is 0 Å². The van der Waals surface area contributed by atoms with Crippen LogP contribution >= 0.6 is 34.8 Å². The van der Waals surface area contributed by atoms with Gasteiger partial charge in [0.2, 0.25) is 11.8 Å². The molecule has 424 valence electrons. The highest BCUT2D eigenvalue weighted by Crippen LogP contribution is 2.33. The van der Waals surface area contributed by atoms with Crippen LogP contribution in [-0.2, 0) is 41.6 Å². The molecule has 21 heteroatoms. The summed E-state index contributed by atoms with van der Waals surface area (Å²) in [7, 11) is 1.22. The number of ketones is 3. The molecule has 0 unspecified atom stereocenters. The number of Topliss-reactive ketones (excluding diaryl/α,β-unsaturated/α-hetero) is 1. The van der Waals surface area contributed by atoms with Crippen LogP contribution in [0.5, 0.6) is 40.2 Å². The van der Waals surface area contributed by atoms with Crippen LogP contribution < -0.4 is 16.0 Å². The summed E-state index contributed by atoms with van der Waals surface area (Å²) in [5.74, 6) is -2.05. The first-order valence-electron chi connectivity index (χ1n) is 23.1. The maximum Gasteiger partial charge on any atom is 0.340 e. The number of hydrogen-bond acceptors (Lipinski definition) is 15. The van der Waals surface area contributed by atoms with E-state index in [1.54, 1.807) is 62.4 Å². The molecule has 0 spiro atoms. The third-order valence-electron chi connectivity index (χ3n) is 9.56. The van der Waals surface area contributed by atoms with Gasteiger partial charge in [-0.2, -0.15) is 0 Å². The zero-order valence-electron chi connectivity index (χ0n) is 44.0. The molecule has 10 N–H and O–H groups in total. The molecule has 0 saturated heterocycles. The zero-order chi connectivity index (χ0) is 61.5. The second-order valence-electron chi connectivity index (χ2n) is 16.2. The van der Waals surface area contributed by atoms with Crippen molar-refractivity contribution in [3.8, 4) is 40.2 Å². The van der Waals surface area contributed by atoms with Crippen LogP contribution in [0.25, 0.3) is 0 Å². The Hall–Kier alpha value is -9.88. The number of ether oxygens (including phenoxy) is 1. The standard InChI is InChI=1S/C12H13NO4.C10H9ClO2.2C10H10O2.C9H7Cl2NO2.C9H9NO3/c1-7(2)11(15)13-10-5-4-8(14)6-9(10)12(16)17-3;1-2-8(12)5-7-3-4-10(13)9(11)6-7;1-7(2)10(12)8-3-5-9(11)6-4-8;1-2-9(11)7-8-3-5-10(12)6-4-8;1-2-9(14)12-7-3-6(11)8(13)4-5(7)10;1-2-9(13)10-6-3-7(11)5-8(12)4-6/h4-6,14H,1H2,2-3H3,(H,13,15);2-4,6,13H,1,5H2;3-6,11H,1H2,2H3;2-6,12H,1,7H2;2-4,13H,1H2,(H,12,14);2-5,11-12H,1H2,(H,10,13). The van der Waals surface area contributed by atoms with Gasteiger partial charge >= 0.3 is 5.97 Å². The van der Waals surface area contributed by atoms with Crippen molar-refractivity contribution in [1.82, 2.24) is 0 Å². The molecule has 0 aliphatic rings. The molecular weight excluding hydrogens is 1110 g/mol. The summed E-state index contributed by atoms with van der Waals surface area (Å²) in [6.45, 7) is 23.5. The van der Waals surface area contributed by atoms with Crippen molar-refractivity contribution in [3.63, 3.8) is 0 Å². The smallest absolute Gasteiger partial charge is 0.340 e. The summed E-state index contributed by atoms with van der Waals surface area (Å²) in [4.78, 5) is 77.7. The number of hydrogen-bond donors (Lipinski definition) is 10. The summed E-state index contributed by atoms with van der Waals surface area (Å²) in [5.41, 5.74) is 4.03. The molecule has 6 rings (SSSR count). The number of esters is 1. The van der Waals surface area contributed by atoms with E-state index in [9.17, 15) is 38.7 Å². The van der Waals surface area contributed by atoms with Crippen LogP contribution in [0, 0.1) is 0 Å². The van der Waals surface area contributed by atoms with Gasteiger partial charge in [-0.3, -0.25) is 28.8 Å². The summed E-state index contributed by atoms with van der Waals surface area (Å²) in [6.07, 6.45) is 5.39. The van der Waals surface area contributed by atoms with Crippen LogP contribution in [0.15, 0.2) is 190 Å². The molecular formula is C60H58Cl3N3O15. The Morgan fingerprint density at radius 3 is 1.44 bits per heavy atom. The molecule has 0 heterocycles. The van der Waals surface area contributed by atoms with E-state index >= 15 is 0 Å². The fraction of sp³-hybridized carbons (Fsp3) is 0.0833. The average molecular weight is 1170 g/mol. The molecule has 0 atom stereocenters. The monoisotopic (exact) mass is 1170 g/mol. The van der Waals surface area contributed by atoms with Gasteiger partial charge in [0.15, 0.2) is 17.3 Å². The number of phenols is 7. The zero-order valence-corrected chi connectivity index (χ0v) is 46.2. The number of amides is 3. The first kappa shape index (κ1) is 69.1. The van der Waals surface area contributed by atoms with E-state index in [0.717, 1.165) is 23.3 Å². The lowest BCUT2D eigenvalue weighted by atomic mass is 10.1. The highest BCUT2D eigenvalue weighted by atomic mass is 35.5. The number of carbonyl (C=O) groups excluding carboxylic acids is 7. The van der Waals surface area contributed by atoms with Gasteiger partial charge in [-0.1, -0.05) is 92.5 Å². The number of carbonyl (C=O) groups is 7. The summed E-state index contributed by atoms with van der Waals surface area (Å²) in [6, 6.07) is 27.8. The molecule has 18 nitrogen and oxygen atoms in total. The van der Waals surface area contributed by atoms with E-state index in [2.05, 4.69) is 60.2 Å². The number of benzene rings is 6. The van der Waals surface area contributed by atoms with Gasteiger partial charge in [-0.25, -0.2) is 4.79 Å². The van der Waals surface area contributed by atoms with Gasteiger partial charge in [0.25, 0.3) is 5.91 Å². The predicted molar refractivity (Wildman–Crippen MR) is 315 cm³/mol. The number of anilines is 3. The average Bonchev–Trinajstić information content (AvgIpc) is 3.43. The minimum absolute atomic E-state index is 0.0133. The van der Waals surface area contributed by atoms with E-state index in [0.29, 0.717) is 34.5 Å². The van der Waals surface area contributed by atoms with Crippen molar-refractivity contribution in [2.75, 3.05) is 23.1 Å². The van der Waals surface area contributed by atoms with Crippen LogP contribution in [0.4, 0.5) is 17.1 Å². The predicted octanol–water partition coefficient (Wildman–Crippen LogP) is 11.9. The Bertz CT molecular complexity index is 3260. The highest BCUT2D eigenvalue weighted by Gasteiger charge is 2.15. The highest BCUT2D eigenvalue weighted by molar-refractivity contribution is 6.36. The maximum absolute atomic E-state index is 11.4. The van der Waals surface area contributed by atoms with Crippen LogP contribution in [0.3, 0.4) is 0 Å². The van der Waals surface area contributed by atoms with E-state index in [4.69, 9.17) is 65.4 Å².